The molecule has 1 aromatic carbocycles. The Kier molecular flexibility index (Phi) is 4.52. The maximum absolute atomic E-state index is 12.8. The zero-order chi connectivity index (χ0) is 15.4. The van der Waals surface area contributed by atoms with Crippen molar-refractivity contribution in [1.29, 1.82) is 0 Å². The Morgan fingerprint density at radius 1 is 1.14 bits per heavy atom. The summed E-state index contributed by atoms with van der Waals surface area (Å²) in [6.45, 7) is 4.08. The van der Waals surface area contributed by atoms with Crippen molar-refractivity contribution in [2.75, 3.05) is 0 Å². The maximum Gasteiger partial charge on any atom is 0.240 e. The van der Waals surface area contributed by atoms with Gasteiger partial charge in [0.15, 0.2) is 5.43 Å². The summed E-state index contributed by atoms with van der Waals surface area (Å²) in [6.07, 6.45) is 0. The van der Waals surface area contributed by atoms with Crippen molar-refractivity contribution in [2.24, 2.45) is 0 Å². The molecule has 0 saturated carbocycles. The van der Waals surface area contributed by atoms with E-state index in [-0.39, 0.29) is 23.7 Å². The van der Waals surface area contributed by atoms with Crippen LogP contribution in [0.3, 0.4) is 0 Å². The number of pyridine rings is 1. The van der Waals surface area contributed by atoms with Crippen LogP contribution in [0.4, 0.5) is 4.39 Å². The number of hydrogen-bond donors (Lipinski definition) is 1. The van der Waals surface area contributed by atoms with Gasteiger partial charge in [0.2, 0.25) is 5.91 Å². The number of carbonyl (C=O) groups is 1. The van der Waals surface area contributed by atoms with Gasteiger partial charge in [0.05, 0.1) is 0 Å². The fraction of sp³-hybridized carbons (Fsp3) is 0.250. The Labute approximate surface area is 122 Å². The van der Waals surface area contributed by atoms with Crippen LogP contribution in [0.2, 0.25) is 0 Å². The highest BCUT2D eigenvalue weighted by Crippen LogP contribution is 2.03. The number of nitrogens with zero attached hydrogens (tertiary/aromatic N) is 1. The molecule has 21 heavy (non-hydrogen) atoms. The van der Waals surface area contributed by atoms with Crippen LogP contribution in [-0.4, -0.2) is 10.5 Å². The molecule has 0 aliphatic rings. The largest absolute Gasteiger partial charge is 0.350 e. The number of amides is 1. The van der Waals surface area contributed by atoms with E-state index in [4.69, 9.17) is 0 Å². The molecule has 1 aromatic heterocycles. The lowest BCUT2D eigenvalue weighted by atomic mass is 10.2. The normalized spacial score (nSPS) is 10.4. The molecule has 5 heteroatoms. The van der Waals surface area contributed by atoms with Crippen molar-refractivity contribution in [1.82, 2.24) is 9.88 Å². The summed E-state index contributed by atoms with van der Waals surface area (Å²) >= 11 is 0. The Bertz CT molecular complexity index is 679. The summed E-state index contributed by atoms with van der Waals surface area (Å²) < 4.78 is 14.6. The van der Waals surface area contributed by atoms with Gasteiger partial charge in [-0.15, -0.1) is 0 Å². The van der Waals surface area contributed by atoms with E-state index in [0.717, 1.165) is 17.0 Å². The predicted molar refractivity (Wildman–Crippen MR) is 78.4 cm³/mol. The van der Waals surface area contributed by atoms with Gasteiger partial charge in [0.1, 0.15) is 12.4 Å². The van der Waals surface area contributed by atoms with Crippen LogP contribution in [0.25, 0.3) is 0 Å². The van der Waals surface area contributed by atoms with E-state index in [9.17, 15) is 14.0 Å². The summed E-state index contributed by atoms with van der Waals surface area (Å²) in [5.41, 5.74) is 2.26. The van der Waals surface area contributed by atoms with Gasteiger partial charge in [-0.3, -0.25) is 9.59 Å². The maximum atomic E-state index is 12.8. The first-order valence-electron chi connectivity index (χ1n) is 6.65. The molecule has 1 heterocycles. The lowest BCUT2D eigenvalue weighted by Gasteiger charge is -2.14. The Balaban J connectivity index is 1.99. The van der Waals surface area contributed by atoms with Gasteiger partial charge in [-0.05, 0) is 31.5 Å². The molecule has 1 N–H and O–H groups in total. The average Bonchev–Trinajstić information content (AvgIpc) is 2.42. The minimum absolute atomic E-state index is 0.0621. The standard InChI is InChI=1S/C16H17FN2O2/c1-11-7-15(20)8-12(2)19(11)10-16(21)18-9-13-3-5-14(17)6-4-13/h3-8H,9-10H2,1-2H3,(H,18,21). The second kappa shape index (κ2) is 6.35. The molecule has 2 rings (SSSR count). The second-order valence-corrected chi connectivity index (χ2v) is 4.96. The molecule has 0 aliphatic carbocycles. The van der Waals surface area contributed by atoms with E-state index in [1.165, 1.54) is 24.3 Å². The molecule has 0 aliphatic heterocycles. The molecule has 0 saturated heterocycles. The van der Waals surface area contributed by atoms with Gasteiger partial charge < -0.3 is 9.88 Å². The number of hydrogen-bond acceptors (Lipinski definition) is 2. The Morgan fingerprint density at radius 3 is 2.29 bits per heavy atom. The number of halogens is 1. The van der Waals surface area contributed by atoms with Crippen LogP contribution in [0.5, 0.6) is 0 Å². The molecule has 0 fully saturated rings. The third-order valence-electron chi connectivity index (χ3n) is 3.26. The number of aryl methyl sites for hydroxylation is 2. The fourth-order valence-corrected chi connectivity index (χ4v) is 2.14. The molecule has 110 valence electrons. The van der Waals surface area contributed by atoms with Crippen LogP contribution in [-0.2, 0) is 17.9 Å². The summed E-state index contributed by atoms with van der Waals surface area (Å²) in [4.78, 5) is 23.3. The van der Waals surface area contributed by atoms with Gasteiger partial charge in [-0.1, -0.05) is 12.1 Å². The van der Waals surface area contributed by atoms with Crippen LogP contribution in [0.1, 0.15) is 17.0 Å². The Morgan fingerprint density at radius 2 is 1.71 bits per heavy atom. The highest BCUT2D eigenvalue weighted by Gasteiger charge is 2.07. The van der Waals surface area contributed by atoms with Crippen LogP contribution in [0, 0.1) is 19.7 Å². The minimum Gasteiger partial charge on any atom is -0.350 e. The smallest absolute Gasteiger partial charge is 0.240 e. The van der Waals surface area contributed by atoms with Gasteiger partial charge >= 0.3 is 0 Å². The van der Waals surface area contributed by atoms with Crippen molar-refractivity contribution in [3.05, 3.63) is 69.4 Å². The van der Waals surface area contributed by atoms with E-state index in [2.05, 4.69) is 5.32 Å². The first-order chi connectivity index (χ1) is 9.95. The minimum atomic E-state index is -0.301. The third-order valence-corrected chi connectivity index (χ3v) is 3.26. The molecular formula is C16H17FN2O2. The topological polar surface area (TPSA) is 51.1 Å². The molecule has 0 atom stereocenters. The number of aromatic nitrogens is 1. The second-order valence-electron chi connectivity index (χ2n) is 4.96. The lowest BCUT2D eigenvalue weighted by molar-refractivity contribution is -0.121. The van der Waals surface area contributed by atoms with Crippen molar-refractivity contribution in [3.63, 3.8) is 0 Å². The summed E-state index contributed by atoms with van der Waals surface area (Å²) in [5.74, 6) is -0.459. The molecule has 0 unspecified atom stereocenters. The molecule has 2 aromatic rings. The zero-order valence-electron chi connectivity index (χ0n) is 12.0. The number of carbonyl (C=O) groups excluding carboxylic acids is 1. The fourth-order valence-electron chi connectivity index (χ4n) is 2.14. The van der Waals surface area contributed by atoms with E-state index in [0.29, 0.717) is 6.54 Å². The summed E-state index contributed by atoms with van der Waals surface area (Å²) in [7, 11) is 0. The SMILES string of the molecule is Cc1cc(=O)cc(C)n1CC(=O)NCc1ccc(F)cc1. The van der Waals surface area contributed by atoms with Gasteiger partial charge in [0.25, 0.3) is 0 Å². The van der Waals surface area contributed by atoms with Crippen molar-refractivity contribution >= 4 is 5.91 Å². The highest BCUT2D eigenvalue weighted by molar-refractivity contribution is 5.75. The summed E-state index contributed by atoms with van der Waals surface area (Å²) in [5, 5.41) is 2.78. The van der Waals surface area contributed by atoms with E-state index >= 15 is 0 Å². The molecule has 0 radical (unpaired) electrons. The molecular weight excluding hydrogens is 271 g/mol. The van der Waals surface area contributed by atoms with Gasteiger partial charge in [0, 0.05) is 30.1 Å². The highest BCUT2D eigenvalue weighted by atomic mass is 19.1. The van der Waals surface area contributed by atoms with Crippen molar-refractivity contribution in [2.45, 2.75) is 26.9 Å². The van der Waals surface area contributed by atoms with Crippen LogP contribution >= 0.6 is 0 Å². The number of nitrogens with one attached hydrogen (secondary N) is 1. The lowest BCUT2D eigenvalue weighted by Crippen LogP contribution is -2.29. The van der Waals surface area contributed by atoms with Gasteiger partial charge in [-0.25, -0.2) is 4.39 Å². The quantitative estimate of drug-likeness (QED) is 0.934. The molecule has 1 amide bonds. The van der Waals surface area contributed by atoms with E-state index in [1.54, 1.807) is 30.5 Å². The average molecular weight is 288 g/mol. The number of benzene rings is 1. The zero-order valence-corrected chi connectivity index (χ0v) is 12.0. The van der Waals surface area contributed by atoms with Crippen molar-refractivity contribution < 1.29 is 9.18 Å². The molecule has 4 nitrogen and oxygen atoms in total. The third kappa shape index (κ3) is 4.02. The van der Waals surface area contributed by atoms with Crippen LogP contribution < -0.4 is 10.7 Å². The molecule has 0 bridgehead atoms. The monoisotopic (exact) mass is 288 g/mol. The first-order valence-corrected chi connectivity index (χ1v) is 6.65. The predicted octanol–water partition coefficient (Wildman–Crippen LogP) is 1.92. The van der Waals surface area contributed by atoms with Crippen molar-refractivity contribution in [3.8, 4) is 0 Å². The Hall–Kier alpha value is -2.43. The van der Waals surface area contributed by atoms with E-state index in [1.807, 2.05) is 0 Å². The first kappa shape index (κ1) is 15.0. The molecule has 0 spiro atoms. The van der Waals surface area contributed by atoms with Crippen LogP contribution in [0.15, 0.2) is 41.2 Å². The van der Waals surface area contributed by atoms with Gasteiger partial charge in [-0.2, -0.15) is 0 Å². The van der Waals surface area contributed by atoms with E-state index < -0.39 is 0 Å². The summed E-state index contributed by atoms with van der Waals surface area (Å²) in [6, 6.07) is 8.98. The number of rotatable bonds is 4.